The summed E-state index contributed by atoms with van der Waals surface area (Å²) >= 11 is 4.91. The predicted octanol–water partition coefficient (Wildman–Crippen LogP) is 4.03. The van der Waals surface area contributed by atoms with E-state index in [1.165, 1.54) is 5.56 Å². The largest absolute Gasteiger partial charge is 0.493 e. The highest BCUT2D eigenvalue weighted by Gasteiger charge is 2.41. The Balaban J connectivity index is 1.37. The molecule has 4 rings (SSSR count). The molecule has 8 nitrogen and oxygen atoms in total. The van der Waals surface area contributed by atoms with E-state index in [-0.39, 0.29) is 18.2 Å². The summed E-state index contributed by atoms with van der Waals surface area (Å²) in [7, 11) is 0. The summed E-state index contributed by atoms with van der Waals surface area (Å²) in [5, 5.41) is -0.268. The summed E-state index contributed by atoms with van der Waals surface area (Å²) < 4.78 is 16.6. The van der Waals surface area contributed by atoms with Gasteiger partial charge in [0.15, 0.2) is 6.10 Å². The first-order chi connectivity index (χ1) is 18.4. The molecule has 0 bridgehead atoms. The molecule has 1 aromatic heterocycles. The van der Waals surface area contributed by atoms with Crippen LogP contribution >= 0.6 is 12.2 Å². The monoisotopic (exact) mass is 533 g/mol. The molecule has 0 radical (unpaired) electrons. The molecule has 2 N–H and O–H groups in total. The highest BCUT2D eigenvalue weighted by Crippen LogP contribution is 2.22. The molecule has 0 aliphatic carbocycles. The van der Waals surface area contributed by atoms with Crippen molar-refractivity contribution in [3.05, 3.63) is 95.3 Å². The van der Waals surface area contributed by atoms with Crippen molar-refractivity contribution in [2.24, 2.45) is 5.73 Å². The third kappa shape index (κ3) is 7.29. The van der Waals surface area contributed by atoms with Gasteiger partial charge < -0.3 is 19.9 Å². The van der Waals surface area contributed by atoms with Gasteiger partial charge in [-0.2, -0.15) is 0 Å². The zero-order valence-corrected chi connectivity index (χ0v) is 22.1. The van der Waals surface area contributed by atoms with Crippen LogP contribution in [0.3, 0.4) is 0 Å². The molecule has 2 atom stereocenters. The number of cyclic esters (lactones) is 1. The minimum atomic E-state index is -1.07. The van der Waals surface area contributed by atoms with Crippen LogP contribution in [-0.2, 0) is 40.0 Å². The lowest BCUT2D eigenvalue weighted by Crippen LogP contribution is -2.48. The van der Waals surface area contributed by atoms with Crippen molar-refractivity contribution in [2.75, 3.05) is 13.2 Å². The van der Waals surface area contributed by atoms with Crippen molar-refractivity contribution >= 4 is 29.4 Å². The molecule has 0 saturated carbocycles. The number of hydrogen-bond donors (Lipinski definition) is 1. The fourth-order valence-electron chi connectivity index (χ4n) is 4.26. The zero-order valence-electron chi connectivity index (χ0n) is 21.2. The van der Waals surface area contributed by atoms with Gasteiger partial charge >= 0.3 is 6.09 Å². The van der Waals surface area contributed by atoms with E-state index in [0.717, 1.165) is 28.1 Å². The summed E-state index contributed by atoms with van der Waals surface area (Å²) in [5.41, 5.74) is 9.59. The number of imide groups is 1. The number of hydrogen-bond acceptors (Lipinski definition) is 7. The second-order valence-corrected chi connectivity index (χ2v) is 9.41. The average Bonchev–Trinajstić information content (AvgIpc) is 3.29. The van der Waals surface area contributed by atoms with E-state index >= 15 is 0 Å². The summed E-state index contributed by atoms with van der Waals surface area (Å²) in [6.07, 6.45) is 2.42. The lowest BCUT2D eigenvalue weighted by molar-refractivity contribution is -0.137. The number of pyridine rings is 1. The molecule has 0 spiro atoms. The van der Waals surface area contributed by atoms with Gasteiger partial charge in [0.1, 0.15) is 12.4 Å². The molecule has 1 saturated heterocycles. The highest BCUT2D eigenvalue weighted by atomic mass is 32.1. The van der Waals surface area contributed by atoms with Crippen LogP contribution in [-0.4, -0.2) is 52.4 Å². The van der Waals surface area contributed by atoms with Crippen LogP contribution in [0.4, 0.5) is 4.79 Å². The second-order valence-electron chi connectivity index (χ2n) is 9.01. The lowest BCUT2D eigenvalue weighted by Gasteiger charge is -2.25. The highest BCUT2D eigenvalue weighted by molar-refractivity contribution is 7.80. The number of rotatable bonds is 11. The predicted molar refractivity (Wildman–Crippen MR) is 147 cm³/mol. The van der Waals surface area contributed by atoms with E-state index in [0.29, 0.717) is 25.2 Å². The van der Waals surface area contributed by atoms with E-state index in [1.807, 2.05) is 66.9 Å². The van der Waals surface area contributed by atoms with E-state index in [2.05, 4.69) is 18.0 Å². The summed E-state index contributed by atoms with van der Waals surface area (Å²) in [6, 6.07) is 20.6. The minimum Gasteiger partial charge on any atom is -0.493 e. The van der Waals surface area contributed by atoms with Gasteiger partial charge in [-0.25, -0.2) is 9.69 Å². The average molecular weight is 534 g/mol. The molecule has 9 heteroatoms. The molecule has 2 heterocycles. The minimum absolute atomic E-state index is 0.115. The normalized spacial score (nSPS) is 15.6. The van der Waals surface area contributed by atoms with Gasteiger partial charge in [-0.1, -0.05) is 55.5 Å². The van der Waals surface area contributed by atoms with Gasteiger partial charge in [-0.3, -0.25) is 9.78 Å². The number of thiocarbonyl (C=S) groups is 1. The van der Waals surface area contributed by atoms with Crippen molar-refractivity contribution < 1.29 is 23.8 Å². The van der Waals surface area contributed by atoms with Crippen LogP contribution in [0.5, 0.6) is 5.75 Å². The first-order valence-corrected chi connectivity index (χ1v) is 13.0. The number of carbonyl (C=O) groups is 2. The smallest absolute Gasteiger partial charge is 0.417 e. The standard InChI is InChI=1S/C29H31N3O5S/c1-2-20-8-11-23(31-18-20)14-15-35-25-12-9-22(10-13-25)17-26(37-28(30)38)27(33)32-24(19-36-29(32)34)16-21-6-4-3-5-7-21/h3-13,18,24,26H,2,14-17,19H2,1H3,(H2,30,38)/t24-,26-/m1/s1. The number of benzene rings is 2. The molecule has 38 heavy (non-hydrogen) atoms. The Labute approximate surface area is 227 Å². The number of amides is 2. The van der Waals surface area contributed by atoms with Crippen molar-refractivity contribution in [1.29, 1.82) is 0 Å². The van der Waals surface area contributed by atoms with Gasteiger partial charge in [-0.05, 0) is 59.9 Å². The van der Waals surface area contributed by atoms with E-state index in [4.69, 9.17) is 32.2 Å². The third-order valence-electron chi connectivity index (χ3n) is 6.31. The molecule has 1 aliphatic heterocycles. The van der Waals surface area contributed by atoms with Crippen LogP contribution in [0.2, 0.25) is 0 Å². The first kappa shape index (κ1) is 27.1. The molecular formula is C29H31N3O5S. The van der Waals surface area contributed by atoms with E-state index in [9.17, 15) is 9.59 Å². The maximum Gasteiger partial charge on any atom is 0.417 e. The Morgan fingerprint density at radius 3 is 2.50 bits per heavy atom. The number of carbonyl (C=O) groups excluding carboxylic acids is 2. The van der Waals surface area contributed by atoms with Crippen LogP contribution in [0.15, 0.2) is 72.9 Å². The first-order valence-electron chi connectivity index (χ1n) is 12.6. The summed E-state index contributed by atoms with van der Waals surface area (Å²) in [6.45, 7) is 2.70. The second kappa shape index (κ2) is 13.0. The fourth-order valence-corrected chi connectivity index (χ4v) is 4.38. The molecule has 2 aromatic carbocycles. The number of nitrogens with two attached hydrogens (primary N) is 1. The molecule has 1 aliphatic rings. The molecule has 2 amide bonds. The van der Waals surface area contributed by atoms with E-state index in [1.54, 1.807) is 0 Å². The fraction of sp³-hybridized carbons (Fsp3) is 0.310. The van der Waals surface area contributed by atoms with Gasteiger partial charge in [0, 0.05) is 24.7 Å². The SMILES string of the molecule is CCc1ccc(CCOc2ccc(C[C@@H](OC(N)=S)C(=O)N3C(=O)OC[C@H]3Cc3ccccc3)cc2)nc1. The van der Waals surface area contributed by atoms with E-state index < -0.39 is 24.1 Å². The number of aryl methyl sites for hydroxylation is 1. The summed E-state index contributed by atoms with van der Waals surface area (Å²) in [4.78, 5) is 31.5. The number of nitrogens with zero attached hydrogens (tertiary/aromatic N) is 2. The van der Waals surface area contributed by atoms with Crippen molar-refractivity contribution in [3.63, 3.8) is 0 Å². The van der Waals surface area contributed by atoms with Crippen molar-refractivity contribution in [2.45, 2.75) is 44.8 Å². The topological polar surface area (TPSA) is 104 Å². The van der Waals surface area contributed by atoms with Crippen molar-refractivity contribution in [3.8, 4) is 5.75 Å². The maximum atomic E-state index is 13.4. The van der Waals surface area contributed by atoms with Crippen LogP contribution in [0.1, 0.15) is 29.3 Å². The van der Waals surface area contributed by atoms with Gasteiger partial charge in [0.05, 0.1) is 12.6 Å². The maximum absolute atomic E-state index is 13.4. The number of ether oxygens (including phenoxy) is 3. The Hall–Kier alpha value is -3.98. The lowest BCUT2D eigenvalue weighted by atomic mass is 10.0. The molecule has 198 valence electrons. The molecule has 0 unspecified atom stereocenters. The molecule has 1 fully saturated rings. The Kier molecular flexibility index (Phi) is 9.26. The van der Waals surface area contributed by atoms with Crippen LogP contribution in [0, 0.1) is 0 Å². The quantitative estimate of drug-likeness (QED) is 0.369. The molecular weight excluding hydrogens is 502 g/mol. The van der Waals surface area contributed by atoms with Crippen LogP contribution in [0.25, 0.3) is 0 Å². The van der Waals surface area contributed by atoms with Gasteiger partial charge in [0.25, 0.3) is 11.1 Å². The Morgan fingerprint density at radius 1 is 1.11 bits per heavy atom. The van der Waals surface area contributed by atoms with Gasteiger partial charge in [-0.15, -0.1) is 0 Å². The third-order valence-corrected chi connectivity index (χ3v) is 6.41. The van der Waals surface area contributed by atoms with Crippen LogP contribution < -0.4 is 10.5 Å². The Bertz CT molecular complexity index is 1240. The Morgan fingerprint density at radius 2 is 1.84 bits per heavy atom. The number of aromatic nitrogens is 1. The van der Waals surface area contributed by atoms with Crippen molar-refractivity contribution in [1.82, 2.24) is 9.88 Å². The molecule has 3 aromatic rings. The zero-order chi connectivity index (χ0) is 26.9. The van der Waals surface area contributed by atoms with Gasteiger partial charge in [0.2, 0.25) is 0 Å². The summed E-state index contributed by atoms with van der Waals surface area (Å²) in [5.74, 6) is 0.159.